The van der Waals surface area contributed by atoms with E-state index < -0.39 is 11.9 Å². The first-order valence-corrected chi connectivity index (χ1v) is 8.15. The second-order valence-corrected chi connectivity index (χ2v) is 6.59. The zero-order valence-corrected chi connectivity index (χ0v) is 12.0. The number of nitrogens with zero attached hydrogens (tertiary/aromatic N) is 1. The number of nitrogens with one attached hydrogen (secondary N) is 1. The van der Waals surface area contributed by atoms with E-state index in [2.05, 4.69) is 5.32 Å². The Labute approximate surface area is 118 Å². The molecule has 6 heteroatoms. The summed E-state index contributed by atoms with van der Waals surface area (Å²) in [5.74, 6) is 1.77. The van der Waals surface area contributed by atoms with Crippen LogP contribution in [0.1, 0.15) is 25.7 Å². The van der Waals surface area contributed by atoms with Gasteiger partial charge in [-0.25, -0.2) is 4.79 Å². The molecule has 0 spiro atoms. The Morgan fingerprint density at radius 2 is 2.00 bits per heavy atom. The van der Waals surface area contributed by atoms with E-state index in [4.69, 9.17) is 5.11 Å². The van der Waals surface area contributed by atoms with Gasteiger partial charge in [-0.1, -0.05) is 0 Å². The summed E-state index contributed by atoms with van der Waals surface area (Å²) < 4.78 is 0. The number of rotatable bonds is 3. The molecule has 2 aliphatic heterocycles. The van der Waals surface area contributed by atoms with Crippen molar-refractivity contribution in [2.24, 2.45) is 11.8 Å². The van der Waals surface area contributed by atoms with Crippen LogP contribution in [-0.4, -0.2) is 53.1 Å². The maximum atomic E-state index is 12.0. The van der Waals surface area contributed by atoms with Gasteiger partial charge in [-0.05, 0) is 43.1 Å². The molecule has 0 aromatic carbocycles. The Morgan fingerprint density at radius 1 is 1.26 bits per heavy atom. The van der Waals surface area contributed by atoms with Crippen LogP contribution in [0.5, 0.6) is 0 Å². The number of hydrogen-bond donors (Lipinski definition) is 2. The van der Waals surface area contributed by atoms with E-state index in [0.717, 1.165) is 13.0 Å². The van der Waals surface area contributed by atoms with Gasteiger partial charge in [0.2, 0.25) is 0 Å². The first kappa shape index (κ1) is 14.5. The van der Waals surface area contributed by atoms with Crippen molar-refractivity contribution in [1.82, 2.24) is 10.2 Å². The van der Waals surface area contributed by atoms with Crippen LogP contribution in [0.2, 0.25) is 0 Å². The number of carboxylic acid groups (broad SMARTS) is 1. The van der Waals surface area contributed by atoms with Gasteiger partial charge in [0.05, 0.1) is 5.92 Å². The lowest BCUT2D eigenvalue weighted by Gasteiger charge is -2.31. The molecule has 0 radical (unpaired) electrons. The molecule has 2 aliphatic rings. The Kier molecular flexibility index (Phi) is 5.36. The van der Waals surface area contributed by atoms with Crippen molar-refractivity contribution in [1.29, 1.82) is 0 Å². The second-order valence-electron chi connectivity index (χ2n) is 5.37. The van der Waals surface area contributed by atoms with Gasteiger partial charge in [0, 0.05) is 19.6 Å². The normalized spacial score (nSPS) is 25.1. The number of carbonyl (C=O) groups excluding carboxylic acids is 1. The van der Waals surface area contributed by atoms with Crippen molar-refractivity contribution < 1.29 is 14.7 Å². The number of piperidine rings is 1. The smallest absolute Gasteiger partial charge is 0.317 e. The monoisotopic (exact) mass is 286 g/mol. The van der Waals surface area contributed by atoms with Crippen LogP contribution in [0.15, 0.2) is 0 Å². The molecular weight excluding hydrogens is 264 g/mol. The fourth-order valence-corrected chi connectivity index (χ4v) is 3.86. The van der Waals surface area contributed by atoms with Crippen LogP contribution in [0.25, 0.3) is 0 Å². The van der Waals surface area contributed by atoms with Gasteiger partial charge in [0.1, 0.15) is 0 Å². The molecule has 0 bridgehead atoms. The number of thioether (sulfide) groups is 1. The van der Waals surface area contributed by atoms with E-state index in [9.17, 15) is 9.59 Å². The Hall–Kier alpha value is -0.910. The number of carboxylic acids is 1. The second kappa shape index (κ2) is 7.03. The largest absolute Gasteiger partial charge is 0.481 e. The summed E-state index contributed by atoms with van der Waals surface area (Å²) in [6.45, 7) is 1.76. The predicted octanol–water partition coefficient (Wildman–Crippen LogP) is 1.64. The van der Waals surface area contributed by atoms with E-state index in [-0.39, 0.29) is 6.03 Å². The molecule has 0 aliphatic carbocycles. The van der Waals surface area contributed by atoms with Crippen LogP contribution in [0.4, 0.5) is 4.79 Å². The maximum absolute atomic E-state index is 12.0. The molecule has 0 aromatic rings. The molecule has 5 nitrogen and oxygen atoms in total. The highest BCUT2D eigenvalue weighted by atomic mass is 32.2. The number of carbonyl (C=O) groups is 2. The Balaban J connectivity index is 1.74. The van der Waals surface area contributed by atoms with Gasteiger partial charge >= 0.3 is 12.0 Å². The average Bonchev–Trinajstić information content (AvgIpc) is 2.46. The lowest BCUT2D eigenvalue weighted by atomic mass is 9.98. The van der Waals surface area contributed by atoms with Crippen LogP contribution in [0.3, 0.4) is 0 Å². The van der Waals surface area contributed by atoms with Gasteiger partial charge in [-0.2, -0.15) is 11.8 Å². The van der Waals surface area contributed by atoms with Crippen molar-refractivity contribution in [2.45, 2.75) is 25.7 Å². The number of hydrogen-bond acceptors (Lipinski definition) is 3. The van der Waals surface area contributed by atoms with E-state index in [0.29, 0.717) is 25.4 Å². The number of likely N-dealkylation sites (tertiary alicyclic amines) is 1. The molecule has 0 saturated carbocycles. The highest BCUT2D eigenvalue weighted by Gasteiger charge is 2.28. The molecule has 2 N–H and O–H groups in total. The third kappa shape index (κ3) is 4.30. The Bertz CT molecular complexity index is 332. The highest BCUT2D eigenvalue weighted by Crippen LogP contribution is 2.22. The SMILES string of the molecule is O=C(O)[C@@H]1CCCN(C(=O)NCC2CCSCC2)C1. The summed E-state index contributed by atoms with van der Waals surface area (Å²) in [7, 11) is 0. The zero-order chi connectivity index (χ0) is 13.7. The first-order chi connectivity index (χ1) is 9.16. The molecular formula is C13H22N2O3S. The summed E-state index contributed by atoms with van der Waals surface area (Å²) in [5.41, 5.74) is 0. The minimum absolute atomic E-state index is 0.0934. The molecule has 2 heterocycles. The zero-order valence-electron chi connectivity index (χ0n) is 11.1. The van der Waals surface area contributed by atoms with Crippen molar-refractivity contribution in [3.05, 3.63) is 0 Å². The fourth-order valence-electron chi connectivity index (χ4n) is 2.66. The summed E-state index contributed by atoms with van der Waals surface area (Å²) in [4.78, 5) is 24.6. The van der Waals surface area contributed by atoms with Crippen LogP contribution in [-0.2, 0) is 4.79 Å². The maximum Gasteiger partial charge on any atom is 0.317 e. The minimum atomic E-state index is -0.790. The number of urea groups is 1. The van der Waals surface area contributed by atoms with Gasteiger partial charge in [-0.3, -0.25) is 4.79 Å². The summed E-state index contributed by atoms with van der Waals surface area (Å²) in [6, 6.07) is -0.0934. The standard InChI is InChI=1S/C13H22N2O3S/c16-12(17)11-2-1-5-15(9-11)13(18)14-8-10-3-6-19-7-4-10/h10-11H,1-9H2,(H,14,18)(H,16,17)/t11-/m1/s1. The molecule has 1 atom stereocenters. The van der Waals surface area contributed by atoms with E-state index in [1.54, 1.807) is 4.90 Å². The lowest BCUT2D eigenvalue weighted by molar-refractivity contribution is -0.143. The van der Waals surface area contributed by atoms with E-state index in [1.165, 1.54) is 24.3 Å². The highest BCUT2D eigenvalue weighted by molar-refractivity contribution is 7.99. The topological polar surface area (TPSA) is 69.6 Å². The van der Waals surface area contributed by atoms with Gasteiger partial charge in [0.15, 0.2) is 0 Å². The van der Waals surface area contributed by atoms with Crippen LogP contribution >= 0.6 is 11.8 Å². The number of aliphatic carboxylic acids is 1. The van der Waals surface area contributed by atoms with E-state index in [1.807, 2.05) is 11.8 Å². The quantitative estimate of drug-likeness (QED) is 0.827. The fraction of sp³-hybridized carbons (Fsp3) is 0.846. The molecule has 2 rings (SSSR count). The van der Waals surface area contributed by atoms with Crippen molar-refractivity contribution in [3.8, 4) is 0 Å². The van der Waals surface area contributed by atoms with Gasteiger partial charge in [0.25, 0.3) is 0 Å². The first-order valence-electron chi connectivity index (χ1n) is 7.00. The summed E-state index contributed by atoms with van der Waals surface area (Å²) in [5, 5.41) is 12.0. The summed E-state index contributed by atoms with van der Waals surface area (Å²) >= 11 is 1.98. The molecule has 2 saturated heterocycles. The van der Waals surface area contributed by atoms with Crippen LogP contribution < -0.4 is 5.32 Å². The lowest BCUT2D eigenvalue weighted by Crippen LogP contribution is -2.48. The third-order valence-electron chi connectivity index (χ3n) is 3.94. The van der Waals surface area contributed by atoms with Crippen molar-refractivity contribution in [3.63, 3.8) is 0 Å². The van der Waals surface area contributed by atoms with E-state index >= 15 is 0 Å². The average molecular weight is 286 g/mol. The predicted molar refractivity (Wildman–Crippen MR) is 75.4 cm³/mol. The van der Waals surface area contributed by atoms with Gasteiger partial charge < -0.3 is 15.3 Å². The van der Waals surface area contributed by atoms with Gasteiger partial charge in [-0.15, -0.1) is 0 Å². The molecule has 2 amide bonds. The molecule has 0 unspecified atom stereocenters. The third-order valence-corrected chi connectivity index (χ3v) is 4.99. The summed E-state index contributed by atoms with van der Waals surface area (Å²) in [6.07, 6.45) is 3.80. The molecule has 108 valence electrons. The van der Waals surface area contributed by atoms with Crippen molar-refractivity contribution >= 4 is 23.8 Å². The van der Waals surface area contributed by atoms with Crippen LogP contribution in [0, 0.1) is 11.8 Å². The Morgan fingerprint density at radius 3 is 2.68 bits per heavy atom. The molecule has 0 aromatic heterocycles. The minimum Gasteiger partial charge on any atom is -0.481 e. The molecule has 19 heavy (non-hydrogen) atoms. The number of amides is 2. The van der Waals surface area contributed by atoms with Crippen molar-refractivity contribution in [2.75, 3.05) is 31.1 Å². The molecule has 2 fully saturated rings.